The van der Waals surface area contributed by atoms with Gasteiger partial charge in [0.2, 0.25) is 0 Å². The maximum absolute atomic E-state index is 14.3. The molecule has 1 aromatic heterocycles. The number of carbonyl (C=O) groups excluding carboxylic acids is 1. The number of nitrogens with zero attached hydrogens (tertiary/aromatic N) is 3. The predicted molar refractivity (Wildman–Crippen MR) is 117 cm³/mol. The molecule has 1 saturated heterocycles. The van der Waals surface area contributed by atoms with Crippen molar-refractivity contribution in [2.45, 2.75) is 0 Å². The molecule has 1 aliphatic rings. The van der Waals surface area contributed by atoms with Gasteiger partial charge in [0.05, 0.1) is 29.0 Å². The second-order valence-electron chi connectivity index (χ2n) is 6.64. The minimum Gasteiger partial charge on any atom is -0.379 e. The lowest BCUT2D eigenvalue weighted by Crippen LogP contribution is -2.43. The van der Waals surface area contributed by atoms with Crippen LogP contribution in [0, 0.1) is 11.6 Å². The van der Waals surface area contributed by atoms with Crippen molar-refractivity contribution in [2.75, 3.05) is 44.3 Å². The summed E-state index contributed by atoms with van der Waals surface area (Å²) in [6, 6.07) is 8.24. The fraction of sp³-hybridized carbons (Fsp3) is 0.300. The van der Waals surface area contributed by atoms with Gasteiger partial charge in [-0.15, -0.1) is 12.4 Å². The minimum atomic E-state index is -0.893. The lowest BCUT2D eigenvalue weighted by molar-refractivity contribution is 0.0391. The molecule has 1 aliphatic heterocycles. The molecule has 1 amide bonds. The lowest BCUT2D eigenvalue weighted by atomic mass is 10.2. The number of fused-ring (bicyclic) bond motifs is 1. The van der Waals surface area contributed by atoms with E-state index in [0.29, 0.717) is 48.0 Å². The zero-order chi connectivity index (χ0) is 20.4. The van der Waals surface area contributed by atoms with Gasteiger partial charge in [0.1, 0.15) is 11.6 Å². The third kappa shape index (κ3) is 5.07. The second-order valence-corrected chi connectivity index (χ2v) is 8.09. The molecular formula is C20H19Cl2F2N3O2S. The molecule has 5 nitrogen and oxygen atoms in total. The van der Waals surface area contributed by atoms with E-state index >= 15 is 0 Å². The summed E-state index contributed by atoms with van der Waals surface area (Å²) in [5.41, 5.74) is 0.517. The van der Waals surface area contributed by atoms with E-state index in [1.165, 1.54) is 22.3 Å². The Bertz CT molecular complexity index is 1040. The van der Waals surface area contributed by atoms with E-state index in [2.05, 4.69) is 9.88 Å². The summed E-state index contributed by atoms with van der Waals surface area (Å²) in [5.74, 6) is -2.18. The molecule has 10 heteroatoms. The van der Waals surface area contributed by atoms with Crippen LogP contribution in [-0.2, 0) is 4.74 Å². The molecule has 30 heavy (non-hydrogen) atoms. The zero-order valence-electron chi connectivity index (χ0n) is 15.8. The monoisotopic (exact) mass is 473 g/mol. The summed E-state index contributed by atoms with van der Waals surface area (Å²) < 4.78 is 33.8. The van der Waals surface area contributed by atoms with Crippen LogP contribution < -0.4 is 4.90 Å². The first-order valence-electron chi connectivity index (χ1n) is 9.14. The van der Waals surface area contributed by atoms with Crippen LogP contribution in [0.3, 0.4) is 0 Å². The van der Waals surface area contributed by atoms with Crippen molar-refractivity contribution in [2.24, 2.45) is 0 Å². The van der Waals surface area contributed by atoms with Gasteiger partial charge in [-0.25, -0.2) is 13.8 Å². The maximum atomic E-state index is 14.3. The SMILES string of the molecule is Cl.O=C(c1ccc(F)cc1F)N(CCN1CCOCC1)c1nc2ccc(Cl)cc2s1. The number of ether oxygens (including phenoxy) is 1. The zero-order valence-corrected chi connectivity index (χ0v) is 18.2. The van der Waals surface area contributed by atoms with Gasteiger partial charge in [-0.05, 0) is 30.3 Å². The van der Waals surface area contributed by atoms with Gasteiger partial charge in [-0.1, -0.05) is 22.9 Å². The van der Waals surface area contributed by atoms with Crippen molar-refractivity contribution in [1.29, 1.82) is 0 Å². The summed E-state index contributed by atoms with van der Waals surface area (Å²) in [7, 11) is 0. The maximum Gasteiger partial charge on any atom is 0.263 e. The number of hydrogen-bond acceptors (Lipinski definition) is 5. The summed E-state index contributed by atoms with van der Waals surface area (Å²) >= 11 is 7.37. The van der Waals surface area contributed by atoms with E-state index in [1.54, 1.807) is 18.2 Å². The Hall–Kier alpha value is -1.84. The smallest absolute Gasteiger partial charge is 0.263 e. The Morgan fingerprint density at radius 3 is 2.70 bits per heavy atom. The molecule has 2 heterocycles. The molecule has 0 aliphatic carbocycles. The van der Waals surface area contributed by atoms with Gasteiger partial charge < -0.3 is 4.74 Å². The standard InChI is InChI=1S/C20H18ClF2N3O2S.ClH/c21-13-1-4-17-18(11-13)29-20(24-17)26(6-5-25-7-9-28-10-8-25)19(27)15-3-2-14(22)12-16(15)23;/h1-4,11-12H,5-10H2;1H. The number of benzene rings is 2. The Morgan fingerprint density at radius 1 is 1.20 bits per heavy atom. The number of thiazole rings is 1. The molecule has 160 valence electrons. The minimum absolute atomic E-state index is 0. The van der Waals surface area contributed by atoms with E-state index in [0.717, 1.165) is 23.9 Å². The lowest BCUT2D eigenvalue weighted by Gasteiger charge is -2.29. The van der Waals surface area contributed by atoms with E-state index in [9.17, 15) is 13.6 Å². The molecule has 0 atom stereocenters. The highest BCUT2D eigenvalue weighted by Crippen LogP contribution is 2.31. The number of morpholine rings is 1. The number of rotatable bonds is 5. The van der Waals surface area contributed by atoms with Crippen LogP contribution in [0.2, 0.25) is 5.02 Å². The Kier molecular flexibility index (Phi) is 7.60. The number of anilines is 1. The second kappa shape index (κ2) is 9.98. The third-order valence-corrected chi connectivity index (χ3v) is 6.00. The van der Waals surface area contributed by atoms with Crippen molar-refractivity contribution in [3.63, 3.8) is 0 Å². The first-order chi connectivity index (χ1) is 14.0. The van der Waals surface area contributed by atoms with Gasteiger partial charge in [0.15, 0.2) is 5.13 Å². The molecule has 0 spiro atoms. The van der Waals surface area contributed by atoms with Crippen LogP contribution in [0.1, 0.15) is 10.4 Å². The highest BCUT2D eigenvalue weighted by atomic mass is 35.5. The summed E-state index contributed by atoms with van der Waals surface area (Å²) in [6.45, 7) is 3.73. The van der Waals surface area contributed by atoms with Crippen LogP contribution in [0.25, 0.3) is 10.2 Å². The first-order valence-corrected chi connectivity index (χ1v) is 10.3. The topological polar surface area (TPSA) is 45.7 Å². The molecule has 0 radical (unpaired) electrons. The largest absolute Gasteiger partial charge is 0.379 e. The number of hydrogen-bond donors (Lipinski definition) is 0. The molecule has 4 rings (SSSR count). The average Bonchev–Trinajstić information content (AvgIpc) is 3.11. The van der Waals surface area contributed by atoms with Crippen molar-refractivity contribution in [3.8, 4) is 0 Å². The number of halogens is 4. The Balaban J connectivity index is 0.00000256. The van der Waals surface area contributed by atoms with E-state index in [1.807, 2.05) is 0 Å². The molecule has 0 bridgehead atoms. The normalized spacial score (nSPS) is 14.5. The average molecular weight is 474 g/mol. The molecule has 0 unspecified atom stereocenters. The molecule has 2 aromatic carbocycles. The highest BCUT2D eigenvalue weighted by Gasteiger charge is 2.25. The first kappa shape index (κ1) is 22.8. The van der Waals surface area contributed by atoms with Crippen LogP contribution in [-0.4, -0.2) is 55.2 Å². The van der Waals surface area contributed by atoms with Crippen LogP contribution >= 0.6 is 35.3 Å². The van der Waals surface area contributed by atoms with Crippen molar-refractivity contribution in [3.05, 3.63) is 58.6 Å². The van der Waals surface area contributed by atoms with Gasteiger partial charge >= 0.3 is 0 Å². The van der Waals surface area contributed by atoms with Crippen LogP contribution in [0.15, 0.2) is 36.4 Å². The van der Waals surface area contributed by atoms with E-state index in [-0.39, 0.29) is 18.0 Å². The molecule has 3 aromatic rings. The number of amides is 1. The number of carbonyl (C=O) groups is 1. The highest BCUT2D eigenvalue weighted by molar-refractivity contribution is 7.22. The van der Waals surface area contributed by atoms with E-state index < -0.39 is 17.5 Å². The predicted octanol–water partition coefficient (Wildman–Crippen LogP) is 4.63. The van der Waals surface area contributed by atoms with Crippen LogP contribution in [0.4, 0.5) is 13.9 Å². The van der Waals surface area contributed by atoms with E-state index in [4.69, 9.17) is 16.3 Å². The molecular weight excluding hydrogens is 455 g/mol. The van der Waals surface area contributed by atoms with Crippen molar-refractivity contribution >= 4 is 56.6 Å². The molecule has 1 fully saturated rings. The van der Waals surface area contributed by atoms with Gasteiger partial charge in [0, 0.05) is 37.3 Å². The fourth-order valence-electron chi connectivity index (χ4n) is 3.16. The summed E-state index contributed by atoms with van der Waals surface area (Å²) in [5, 5.41) is 1.02. The third-order valence-electron chi connectivity index (χ3n) is 4.72. The summed E-state index contributed by atoms with van der Waals surface area (Å²) in [6.07, 6.45) is 0. The molecule has 0 saturated carbocycles. The van der Waals surface area contributed by atoms with Gasteiger partial charge in [-0.3, -0.25) is 14.6 Å². The summed E-state index contributed by atoms with van der Waals surface area (Å²) in [4.78, 5) is 21.3. The van der Waals surface area contributed by atoms with Crippen molar-refractivity contribution in [1.82, 2.24) is 9.88 Å². The fourth-order valence-corrected chi connectivity index (χ4v) is 4.43. The Morgan fingerprint density at radius 2 is 1.97 bits per heavy atom. The van der Waals surface area contributed by atoms with Gasteiger partial charge in [0.25, 0.3) is 5.91 Å². The number of aromatic nitrogens is 1. The Labute approximate surface area is 187 Å². The quantitative estimate of drug-likeness (QED) is 0.541. The van der Waals surface area contributed by atoms with Crippen molar-refractivity contribution < 1.29 is 18.3 Å². The van der Waals surface area contributed by atoms with Gasteiger partial charge in [-0.2, -0.15) is 0 Å². The molecule has 0 N–H and O–H groups in total. The van der Waals surface area contributed by atoms with Crippen LogP contribution in [0.5, 0.6) is 0 Å².